The number of rotatable bonds is 8. The second kappa shape index (κ2) is 9.94. The number of allylic oxidation sites excluding steroid dienone is 2. The van der Waals surface area contributed by atoms with Crippen LogP contribution in [-0.2, 0) is 4.79 Å². The maximum Gasteiger partial charge on any atom is 0.303 e. The van der Waals surface area contributed by atoms with E-state index in [0.29, 0.717) is 24.7 Å². The summed E-state index contributed by atoms with van der Waals surface area (Å²) in [5.41, 5.74) is 1.41. The molecule has 0 aliphatic heterocycles. The number of carboxylic acid groups (broad SMARTS) is 1. The highest BCUT2D eigenvalue weighted by molar-refractivity contribution is 5.66. The minimum atomic E-state index is -0.738. The van der Waals surface area contributed by atoms with E-state index >= 15 is 0 Å². The van der Waals surface area contributed by atoms with E-state index in [2.05, 4.69) is 17.9 Å². The number of carbonyl (C=O) groups is 1. The van der Waals surface area contributed by atoms with E-state index in [9.17, 15) is 15.0 Å². The fourth-order valence-electron chi connectivity index (χ4n) is 4.31. The lowest BCUT2D eigenvalue weighted by Gasteiger charge is -2.19. The Labute approximate surface area is 157 Å². The summed E-state index contributed by atoms with van der Waals surface area (Å²) >= 11 is 0. The summed E-state index contributed by atoms with van der Waals surface area (Å²) in [6, 6.07) is 0. The Morgan fingerprint density at radius 2 is 2.15 bits per heavy atom. The zero-order valence-electron chi connectivity index (χ0n) is 15.9. The van der Waals surface area contributed by atoms with Crippen molar-refractivity contribution in [2.24, 2.45) is 23.7 Å². The fourth-order valence-corrected chi connectivity index (χ4v) is 4.31. The average molecular weight is 360 g/mol. The summed E-state index contributed by atoms with van der Waals surface area (Å²) in [7, 11) is 0. The lowest BCUT2D eigenvalue weighted by atomic mass is 9.89. The van der Waals surface area contributed by atoms with Crippen molar-refractivity contribution < 1.29 is 20.1 Å². The first kappa shape index (κ1) is 20.7. The van der Waals surface area contributed by atoms with Gasteiger partial charge in [-0.3, -0.25) is 4.79 Å². The maximum absolute atomic E-state index is 10.6. The van der Waals surface area contributed by atoms with Crippen LogP contribution in [0, 0.1) is 35.5 Å². The van der Waals surface area contributed by atoms with Crippen LogP contribution in [0.3, 0.4) is 0 Å². The monoisotopic (exact) mass is 360 g/mol. The first-order valence-corrected chi connectivity index (χ1v) is 9.76. The Kier molecular flexibility index (Phi) is 7.93. The summed E-state index contributed by atoms with van der Waals surface area (Å²) in [5, 5.41) is 29.4. The molecule has 0 spiro atoms. The van der Waals surface area contributed by atoms with Crippen molar-refractivity contribution in [3.63, 3.8) is 0 Å². The maximum atomic E-state index is 10.6. The van der Waals surface area contributed by atoms with Crippen LogP contribution in [0.25, 0.3) is 0 Å². The van der Waals surface area contributed by atoms with Crippen molar-refractivity contribution in [2.45, 2.75) is 71.0 Å². The van der Waals surface area contributed by atoms with Gasteiger partial charge >= 0.3 is 5.97 Å². The van der Waals surface area contributed by atoms with E-state index in [4.69, 9.17) is 5.11 Å². The van der Waals surface area contributed by atoms with Crippen LogP contribution in [0.1, 0.15) is 58.8 Å². The molecule has 2 aliphatic carbocycles. The normalized spacial score (nSPS) is 31.6. The zero-order chi connectivity index (χ0) is 19.1. The highest BCUT2D eigenvalue weighted by Gasteiger charge is 2.44. The number of aliphatic hydroxyl groups is 2. The van der Waals surface area contributed by atoms with Gasteiger partial charge in [-0.15, -0.1) is 11.8 Å². The molecule has 0 aromatic rings. The van der Waals surface area contributed by atoms with Gasteiger partial charge in [0.15, 0.2) is 0 Å². The van der Waals surface area contributed by atoms with Crippen LogP contribution >= 0.6 is 0 Å². The van der Waals surface area contributed by atoms with Crippen LogP contribution in [0.15, 0.2) is 23.8 Å². The molecule has 6 atom stereocenters. The van der Waals surface area contributed by atoms with Gasteiger partial charge in [0.05, 0.1) is 12.2 Å². The van der Waals surface area contributed by atoms with Crippen LogP contribution < -0.4 is 0 Å². The van der Waals surface area contributed by atoms with Gasteiger partial charge in [0.1, 0.15) is 0 Å². The molecule has 0 heterocycles. The second-order valence-electron chi connectivity index (χ2n) is 7.84. The third-order valence-corrected chi connectivity index (χ3v) is 5.85. The minimum absolute atomic E-state index is 0.0845. The number of hydrogen-bond acceptors (Lipinski definition) is 3. The first-order chi connectivity index (χ1) is 12.4. The Hall–Kier alpha value is -1.57. The highest BCUT2D eigenvalue weighted by atomic mass is 16.4. The average Bonchev–Trinajstić information content (AvgIpc) is 3.10. The van der Waals surface area contributed by atoms with E-state index in [1.807, 2.05) is 19.1 Å². The molecule has 4 heteroatoms. The largest absolute Gasteiger partial charge is 0.481 e. The Morgan fingerprint density at radius 1 is 1.38 bits per heavy atom. The van der Waals surface area contributed by atoms with Crippen molar-refractivity contribution in [3.05, 3.63) is 23.8 Å². The van der Waals surface area contributed by atoms with E-state index in [1.165, 1.54) is 5.57 Å². The molecule has 0 saturated heterocycles. The Bertz CT molecular complexity index is 595. The molecule has 0 aromatic carbocycles. The van der Waals surface area contributed by atoms with Gasteiger partial charge in [-0.25, -0.2) is 0 Å². The topological polar surface area (TPSA) is 77.8 Å². The highest BCUT2D eigenvalue weighted by Crippen LogP contribution is 2.50. The standard InChI is InChI=1S/C22H32O4/c1-3-4-7-15(2)20(23)11-10-18-19-13-16(8-5-6-9-22(25)26)12-17(19)14-21(18)24/h8,10-11,15,17-21,23-24H,5-7,9,12-14H2,1-2H3,(H,25,26)/b11-10?,16-8-/t15-,17-,18+,19-,20+,21+/m0/s1. The number of aliphatic hydroxyl groups excluding tert-OH is 2. The molecular weight excluding hydrogens is 328 g/mol. The third-order valence-electron chi connectivity index (χ3n) is 5.85. The Morgan fingerprint density at radius 3 is 2.85 bits per heavy atom. The number of hydrogen-bond donors (Lipinski definition) is 3. The molecule has 2 aliphatic rings. The zero-order valence-corrected chi connectivity index (χ0v) is 15.9. The fraction of sp³-hybridized carbons (Fsp3) is 0.682. The molecule has 0 amide bonds. The van der Waals surface area contributed by atoms with Crippen LogP contribution in [0.4, 0.5) is 0 Å². The van der Waals surface area contributed by atoms with Crippen molar-refractivity contribution in [2.75, 3.05) is 0 Å². The molecule has 0 aromatic heterocycles. The van der Waals surface area contributed by atoms with E-state index < -0.39 is 12.1 Å². The number of unbranched alkanes of at least 4 members (excludes halogenated alkanes) is 1. The first-order valence-electron chi connectivity index (χ1n) is 9.76. The van der Waals surface area contributed by atoms with Crippen LogP contribution in [0.2, 0.25) is 0 Å². The van der Waals surface area contributed by atoms with Gasteiger partial charge in [-0.05, 0) is 56.8 Å². The Balaban J connectivity index is 1.89. The molecule has 0 unspecified atom stereocenters. The lowest BCUT2D eigenvalue weighted by molar-refractivity contribution is -0.137. The molecule has 4 nitrogen and oxygen atoms in total. The molecule has 0 bridgehead atoms. The molecule has 2 fully saturated rings. The molecule has 2 rings (SSSR count). The van der Waals surface area contributed by atoms with Gasteiger partial charge in [-0.2, -0.15) is 0 Å². The van der Waals surface area contributed by atoms with Gasteiger partial charge in [-0.1, -0.05) is 30.7 Å². The lowest BCUT2D eigenvalue weighted by Crippen LogP contribution is -2.19. The minimum Gasteiger partial charge on any atom is -0.481 e. The van der Waals surface area contributed by atoms with Gasteiger partial charge in [0.25, 0.3) is 0 Å². The second-order valence-corrected chi connectivity index (χ2v) is 7.84. The predicted molar refractivity (Wildman–Crippen MR) is 102 cm³/mol. The summed E-state index contributed by atoms with van der Waals surface area (Å²) < 4.78 is 0. The smallest absolute Gasteiger partial charge is 0.303 e. The molecule has 144 valence electrons. The molecule has 26 heavy (non-hydrogen) atoms. The molecule has 0 radical (unpaired) electrons. The van der Waals surface area contributed by atoms with Crippen molar-refractivity contribution in [1.29, 1.82) is 0 Å². The summed E-state index contributed by atoms with van der Waals surface area (Å²) in [5.74, 6) is 6.25. The van der Waals surface area contributed by atoms with Gasteiger partial charge < -0.3 is 15.3 Å². The molecule has 2 saturated carbocycles. The van der Waals surface area contributed by atoms with Crippen molar-refractivity contribution >= 4 is 5.97 Å². The third kappa shape index (κ3) is 5.72. The van der Waals surface area contributed by atoms with E-state index in [0.717, 1.165) is 25.7 Å². The predicted octanol–water partition coefficient (Wildman–Crippen LogP) is 3.54. The molecule has 3 N–H and O–H groups in total. The number of fused-ring (bicyclic) bond motifs is 1. The van der Waals surface area contributed by atoms with E-state index in [-0.39, 0.29) is 24.4 Å². The van der Waals surface area contributed by atoms with Gasteiger partial charge in [0.2, 0.25) is 0 Å². The van der Waals surface area contributed by atoms with Crippen LogP contribution in [0.5, 0.6) is 0 Å². The molecular formula is C22H32O4. The van der Waals surface area contributed by atoms with E-state index in [1.54, 1.807) is 6.92 Å². The van der Waals surface area contributed by atoms with Crippen molar-refractivity contribution in [3.8, 4) is 11.8 Å². The SMILES string of the molecule is CC#CC[C@H](C)[C@H](O)C=C[C@@H]1[C@H]2C/C(=C\CCCC(=O)O)C[C@H]2C[C@H]1O. The summed E-state index contributed by atoms with van der Waals surface area (Å²) in [6.07, 6.45) is 10.4. The van der Waals surface area contributed by atoms with Crippen LogP contribution in [-0.4, -0.2) is 33.5 Å². The summed E-state index contributed by atoms with van der Waals surface area (Å²) in [4.78, 5) is 10.6. The number of aliphatic carboxylic acids is 1. The number of carboxylic acids is 1. The van der Waals surface area contributed by atoms with Crippen molar-refractivity contribution in [1.82, 2.24) is 0 Å². The van der Waals surface area contributed by atoms with Gasteiger partial charge in [0, 0.05) is 18.8 Å². The summed E-state index contributed by atoms with van der Waals surface area (Å²) in [6.45, 7) is 3.79. The quantitative estimate of drug-likeness (QED) is 0.351.